The van der Waals surface area contributed by atoms with Crippen LogP contribution in [0.4, 0.5) is 0 Å². The molecule has 50 heavy (non-hydrogen) atoms. The first-order chi connectivity index (χ1) is 23.5. The molecule has 9 heteroatoms. The SMILES string of the molecule is COCc1cc(C(C)(c2ccc(C(C)(C)c3cc(C(C)O)c(O)c(C(C)O)c3)cc2)c2cc(COC)c(O)c(C(C)O)c2)cc(COC)c1O. The second-order valence-corrected chi connectivity index (χ2v) is 13.9. The summed E-state index contributed by atoms with van der Waals surface area (Å²) in [6.07, 6.45) is -2.85. The molecule has 0 saturated heterocycles. The van der Waals surface area contributed by atoms with Crippen molar-refractivity contribution in [2.75, 3.05) is 21.3 Å². The monoisotopic (exact) mass is 688 g/mol. The Morgan fingerprint density at radius 1 is 0.480 bits per heavy atom. The van der Waals surface area contributed by atoms with Gasteiger partial charge < -0.3 is 44.8 Å². The van der Waals surface area contributed by atoms with E-state index >= 15 is 0 Å². The lowest BCUT2D eigenvalue weighted by Gasteiger charge is -2.35. The van der Waals surface area contributed by atoms with Gasteiger partial charge in [0.15, 0.2) is 0 Å². The zero-order chi connectivity index (χ0) is 37.1. The fraction of sp³-hybridized carbons (Fsp3) is 0.415. The molecule has 9 nitrogen and oxygen atoms in total. The maximum absolute atomic E-state index is 11.1. The van der Waals surface area contributed by atoms with Gasteiger partial charge in [-0.2, -0.15) is 0 Å². The van der Waals surface area contributed by atoms with Gasteiger partial charge in [-0.05, 0) is 91.9 Å². The molecule has 0 radical (unpaired) electrons. The highest BCUT2D eigenvalue weighted by molar-refractivity contribution is 5.59. The highest BCUT2D eigenvalue weighted by Gasteiger charge is 2.36. The number of hydrogen-bond acceptors (Lipinski definition) is 9. The second kappa shape index (κ2) is 15.5. The van der Waals surface area contributed by atoms with Crippen molar-refractivity contribution in [2.45, 2.75) is 90.5 Å². The molecule has 6 N–H and O–H groups in total. The van der Waals surface area contributed by atoms with Crippen molar-refractivity contribution in [1.29, 1.82) is 0 Å². The molecule has 4 rings (SSSR count). The summed E-state index contributed by atoms with van der Waals surface area (Å²) in [4.78, 5) is 0. The molecule has 4 atom stereocenters. The minimum Gasteiger partial charge on any atom is -0.507 e. The van der Waals surface area contributed by atoms with Crippen LogP contribution in [0.3, 0.4) is 0 Å². The molecule has 0 bridgehead atoms. The minimum atomic E-state index is -0.964. The third kappa shape index (κ3) is 7.39. The lowest BCUT2D eigenvalue weighted by Crippen LogP contribution is -2.27. The maximum atomic E-state index is 11.1. The number of phenolic OH excluding ortho intramolecular Hbond substituents is 3. The van der Waals surface area contributed by atoms with Gasteiger partial charge in [0.05, 0.1) is 38.1 Å². The molecule has 4 unspecified atom stereocenters. The van der Waals surface area contributed by atoms with Crippen LogP contribution in [0.2, 0.25) is 0 Å². The third-order valence-electron chi connectivity index (χ3n) is 9.97. The van der Waals surface area contributed by atoms with Crippen LogP contribution in [0.25, 0.3) is 0 Å². The number of ether oxygens (including phenoxy) is 3. The molecule has 4 aromatic rings. The van der Waals surface area contributed by atoms with Crippen molar-refractivity contribution in [1.82, 2.24) is 0 Å². The number of phenols is 3. The van der Waals surface area contributed by atoms with Crippen molar-refractivity contribution in [3.8, 4) is 17.2 Å². The molecule has 0 spiro atoms. The first-order valence-corrected chi connectivity index (χ1v) is 16.7. The van der Waals surface area contributed by atoms with E-state index in [1.807, 2.05) is 62.4 Å². The Bertz CT molecular complexity index is 1730. The first-order valence-electron chi connectivity index (χ1n) is 16.7. The van der Waals surface area contributed by atoms with Gasteiger partial charge in [-0.25, -0.2) is 0 Å². The van der Waals surface area contributed by atoms with Crippen LogP contribution in [-0.4, -0.2) is 52.0 Å². The normalized spacial score (nSPS) is 15.0. The average Bonchev–Trinajstić information content (AvgIpc) is 3.06. The highest BCUT2D eigenvalue weighted by atomic mass is 16.5. The summed E-state index contributed by atoms with van der Waals surface area (Å²) in [6.45, 7) is 11.4. The standard InChI is InChI=1S/C41H52O9/c1-23(42)34-19-33(16-28(22-50-9)38(34)46)41(6,32-14-26(20-48-7)37(45)27(15-32)21-49-8)30-12-10-29(11-13-30)40(4,5)31-17-35(24(2)43)39(47)36(18-31)25(3)44/h10-19,23-25,42-47H,20-22H2,1-9H3. The summed E-state index contributed by atoms with van der Waals surface area (Å²) in [5.41, 5.74) is 5.51. The van der Waals surface area contributed by atoms with Gasteiger partial charge in [-0.1, -0.05) is 38.1 Å². The number of rotatable bonds is 14. The number of aromatic hydroxyl groups is 3. The average molecular weight is 689 g/mol. The summed E-state index contributed by atoms with van der Waals surface area (Å²) < 4.78 is 16.3. The van der Waals surface area contributed by atoms with Crippen LogP contribution in [0.1, 0.15) is 121 Å². The van der Waals surface area contributed by atoms with E-state index < -0.39 is 29.1 Å². The fourth-order valence-electron chi connectivity index (χ4n) is 6.74. The van der Waals surface area contributed by atoms with Crippen molar-refractivity contribution in [3.63, 3.8) is 0 Å². The Balaban J connectivity index is 2.00. The number of aliphatic hydroxyl groups excluding tert-OH is 3. The predicted octanol–water partition coefficient (Wildman–Crippen LogP) is 7.08. The summed E-state index contributed by atoms with van der Waals surface area (Å²) in [6, 6.07) is 19.2. The number of benzene rings is 4. The van der Waals surface area contributed by atoms with Gasteiger partial charge in [-0.15, -0.1) is 0 Å². The quantitative estimate of drug-likeness (QED) is 0.0765. The number of methoxy groups -OCH3 is 3. The van der Waals surface area contributed by atoms with Gasteiger partial charge in [0.25, 0.3) is 0 Å². The Morgan fingerprint density at radius 3 is 1.22 bits per heavy atom. The van der Waals surface area contributed by atoms with Gasteiger partial charge in [0.1, 0.15) is 17.2 Å². The van der Waals surface area contributed by atoms with E-state index in [0.29, 0.717) is 33.4 Å². The van der Waals surface area contributed by atoms with Crippen LogP contribution in [0, 0.1) is 0 Å². The molecule has 0 heterocycles. The Labute approximate surface area is 295 Å². The topological polar surface area (TPSA) is 149 Å². The molecule has 0 amide bonds. The predicted molar refractivity (Wildman–Crippen MR) is 192 cm³/mol. The van der Waals surface area contributed by atoms with Crippen LogP contribution in [-0.2, 0) is 44.9 Å². The van der Waals surface area contributed by atoms with Gasteiger partial charge >= 0.3 is 0 Å². The van der Waals surface area contributed by atoms with E-state index in [-0.39, 0.29) is 37.1 Å². The number of aliphatic hydroxyl groups is 3. The fourth-order valence-corrected chi connectivity index (χ4v) is 6.74. The smallest absolute Gasteiger partial charge is 0.127 e. The third-order valence-corrected chi connectivity index (χ3v) is 9.97. The molecule has 0 aliphatic rings. The zero-order valence-corrected chi connectivity index (χ0v) is 30.5. The second-order valence-electron chi connectivity index (χ2n) is 13.9. The van der Waals surface area contributed by atoms with Crippen LogP contribution < -0.4 is 0 Å². The maximum Gasteiger partial charge on any atom is 0.127 e. The summed E-state index contributed by atoms with van der Waals surface area (Å²) in [5.74, 6) is -0.0548. The molecule has 0 saturated carbocycles. The molecule has 0 aliphatic heterocycles. The highest BCUT2D eigenvalue weighted by Crippen LogP contribution is 2.46. The Morgan fingerprint density at radius 2 is 0.820 bits per heavy atom. The van der Waals surface area contributed by atoms with Crippen molar-refractivity contribution >= 4 is 0 Å². The van der Waals surface area contributed by atoms with Gasteiger partial charge in [0, 0.05) is 65.5 Å². The van der Waals surface area contributed by atoms with E-state index in [4.69, 9.17) is 14.2 Å². The van der Waals surface area contributed by atoms with Crippen LogP contribution in [0.5, 0.6) is 17.2 Å². The Kier molecular flexibility index (Phi) is 12.0. The lowest BCUT2D eigenvalue weighted by atomic mass is 9.68. The molecule has 4 aromatic carbocycles. The van der Waals surface area contributed by atoms with Crippen molar-refractivity contribution < 1.29 is 44.8 Å². The van der Waals surface area contributed by atoms with Crippen LogP contribution >= 0.6 is 0 Å². The largest absolute Gasteiger partial charge is 0.507 e. The minimum absolute atomic E-state index is 0.0297. The summed E-state index contributed by atoms with van der Waals surface area (Å²) >= 11 is 0. The molecule has 270 valence electrons. The zero-order valence-electron chi connectivity index (χ0n) is 30.5. The van der Waals surface area contributed by atoms with E-state index in [2.05, 4.69) is 6.92 Å². The summed E-state index contributed by atoms with van der Waals surface area (Å²) in [7, 11) is 4.68. The van der Waals surface area contributed by atoms with Gasteiger partial charge in [-0.3, -0.25) is 0 Å². The van der Waals surface area contributed by atoms with Crippen molar-refractivity contribution in [3.05, 3.63) is 122 Å². The molecule has 0 aliphatic carbocycles. The van der Waals surface area contributed by atoms with E-state index in [9.17, 15) is 30.6 Å². The summed E-state index contributed by atoms with van der Waals surface area (Å²) in [5, 5.41) is 64.6. The molecular weight excluding hydrogens is 636 g/mol. The Hall–Kier alpha value is -3.96. The van der Waals surface area contributed by atoms with E-state index in [1.165, 1.54) is 0 Å². The van der Waals surface area contributed by atoms with Gasteiger partial charge in [0.2, 0.25) is 0 Å². The lowest BCUT2D eigenvalue weighted by molar-refractivity contribution is 0.174. The van der Waals surface area contributed by atoms with Crippen molar-refractivity contribution in [2.24, 2.45) is 0 Å². The van der Waals surface area contributed by atoms with Crippen LogP contribution in [0.15, 0.2) is 60.7 Å². The first kappa shape index (κ1) is 38.8. The molecule has 0 aromatic heterocycles. The number of hydrogen-bond donors (Lipinski definition) is 6. The molecule has 0 fully saturated rings. The van der Waals surface area contributed by atoms with E-state index in [1.54, 1.807) is 54.2 Å². The molecular formula is C41H52O9. The van der Waals surface area contributed by atoms with E-state index in [0.717, 1.165) is 27.8 Å².